The van der Waals surface area contributed by atoms with Crippen LogP contribution in [0.4, 0.5) is 0 Å². The first-order valence-electron chi connectivity index (χ1n) is 33.0. The molecule has 0 aliphatic heterocycles. The van der Waals surface area contributed by atoms with Gasteiger partial charge in [-0.3, -0.25) is 62.3 Å². The Labute approximate surface area is 602 Å². The normalized spacial score (nSPS) is 9.96. The first-order chi connectivity index (χ1) is 49.0. The molecule has 102 heavy (non-hydrogen) atoms. The number of nitrogens with zero attached hydrogens (tertiary/aromatic N) is 3. The van der Waals surface area contributed by atoms with Crippen LogP contribution in [0.1, 0.15) is 57.8 Å². The van der Waals surface area contributed by atoms with Gasteiger partial charge in [-0.25, -0.2) is 0 Å². The molecule has 0 saturated carbocycles. The summed E-state index contributed by atoms with van der Waals surface area (Å²) in [6.45, 7) is 52.5. The molecule has 0 spiro atoms. The van der Waals surface area contributed by atoms with Gasteiger partial charge in [0.05, 0.1) is 59.5 Å². The summed E-state index contributed by atoms with van der Waals surface area (Å²) in [6, 6.07) is 0. The van der Waals surface area contributed by atoms with Crippen LogP contribution in [0.2, 0.25) is 0 Å². The second-order valence-electron chi connectivity index (χ2n) is 20.9. The molecular weight excluding hydrogens is 1320 g/mol. The summed E-state index contributed by atoms with van der Waals surface area (Å²) >= 11 is 0. The number of carbonyl (C=O) groups is 13. The minimum absolute atomic E-state index is 0.0107. The number of nitrogens with one attached hydrogen (secondary N) is 7. The molecule has 0 aromatic heterocycles. The smallest absolute Gasteiger partial charge is 0.246 e. The van der Waals surface area contributed by atoms with Crippen LogP contribution in [-0.2, 0) is 90.8 Å². The maximum atomic E-state index is 12.2. The van der Waals surface area contributed by atoms with Gasteiger partial charge >= 0.3 is 0 Å². The quantitative estimate of drug-likeness (QED) is 0.0340. The van der Waals surface area contributed by atoms with E-state index in [0.717, 1.165) is 18.2 Å². The van der Waals surface area contributed by atoms with Crippen molar-refractivity contribution in [1.29, 1.82) is 0 Å². The van der Waals surface area contributed by atoms with Gasteiger partial charge in [-0.2, -0.15) is 0 Å². The molecule has 0 unspecified atom stereocenters. The van der Waals surface area contributed by atoms with Gasteiger partial charge in [-0.15, -0.1) is 0 Å². The lowest BCUT2D eigenvalue weighted by atomic mass is 10.0. The van der Waals surface area contributed by atoms with E-state index in [4.69, 9.17) is 28.4 Å². The number of ether oxygens (including phenoxy) is 6. The van der Waals surface area contributed by atoms with Gasteiger partial charge < -0.3 is 80.3 Å². The van der Waals surface area contributed by atoms with Gasteiger partial charge in [0, 0.05) is 118 Å². The monoisotopic (exact) mass is 1430 g/mol. The van der Waals surface area contributed by atoms with Crippen LogP contribution in [-0.4, -0.2) is 254 Å². The number of hydrogen-bond acceptors (Lipinski definition) is 19. The van der Waals surface area contributed by atoms with Crippen LogP contribution in [0.5, 0.6) is 0 Å². The van der Waals surface area contributed by atoms with Crippen LogP contribution in [0.3, 0.4) is 0 Å². The lowest BCUT2D eigenvalue weighted by Crippen LogP contribution is -2.58. The van der Waals surface area contributed by atoms with E-state index in [2.05, 4.69) is 123 Å². The lowest BCUT2D eigenvalue weighted by molar-refractivity contribution is -0.130. The predicted molar refractivity (Wildman–Crippen MR) is 393 cm³/mol. The zero-order valence-corrected chi connectivity index (χ0v) is 59.6. The highest BCUT2D eigenvalue weighted by Crippen LogP contribution is 2.12. The van der Waals surface area contributed by atoms with Crippen LogP contribution in [0.25, 0.3) is 0 Å². The van der Waals surface area contributed by atoms with Crippen molar-refractivity contribution in [3.05, 3.63) is 165 Å². The Morgan fingerprint density at radius 1 is 0.255 bits per heavy atom. The maximum absolute atomic E-state index is 12.2. The Bertz CT molecular complexity index is 2510. The summed E-state index contributed by atoms with van der Waals surface area (Å²) in [6.07, 6.45) is 20.6. The van der Waals surface area contributed by atoms with E-state index in [1.54, 1.807) is 0 Å². The molecule has 10 amide bonds. The number of allylic oxidation sites excluding steroid dienone is 3. The summed E-state index contributed by atoms with van der Waals surface area (Å²) in [4.78, 5) is 152. The highest BCUT2D eigenvalue weighted by molar-refractivity contribution is 5.92. The van der Waals surface area contributed by atoms with Crippen LogP contribution in [0.15, 0.2) is 165 Å². The van der Waals surface area contributed by atoms with Crippen molar-refractivity contribution in [2.24, 2.45) is 0 Å². The van der Waals surface area contributed by atoms with Crippen LogP contribution in [0, 0.1) is 0 Å². The third kappa shape index (κ3) is 61.2. The van der Waals surface area contributed by atoms with E-state index >= 15 is 0 Å². The number of rotatable bonds is 62. The van der Waals surface area contributed by atoms with E-state index < -0.39 is 11.4 Å². The van der Waals surface area contributed by atoms with Crippen molar-refractivity contribution in [1.82, 2.24) is 51.9 Å². The molecule has 0 bridgehead atoms. The van der Waals surface area contributed by atoms with E-state index in [-0.39, 0.29) is 117 Å². The summed E-state index contributed by atoms with van der Waals surface area (Å²) in [5.41, 5.74) is -0.969. The maximum Gasteiger partial charge on any atom is 0.246 e. The Morgan fingerprint density at radius 3 is 0.843 bits per heavy atom. The van der Waals surface area contributed by atoms with Gasteiger partial charge in [0.15, 0.2) is 17.3 Å². The number of ketones is 3. The fourth-order valence-corrected chi connectivity index (χ4v) is 7.53. The lowest BCUT2D eigenvalue weighted by Gasteiger charge is -2.34. The molecule has 0 aromatic carbocycles. The molecule has 0 atom stereocenters. The van der Waals surface area contributed by atoms with E-state index in [9.17, 15) is 62.3 Å². The zero-order valence-electron chi connectivity index (χ0n) is 59.6. The summed E-state index contributed by atoms with van der Waals surface area (Å²) in [5.74, 6) is -2.94. The van der Waals surface area contributed by atoms with Crippen molar-refractivity contribution in [2.45, 2.75) is 63.3 Å². The SMILES string of the molecule is C=CC(=O)CCCCOCC(COCCCCC(=O)C=C)(COCCCNC(=O)C=C)NC(=O)C=C.C=CC(=O)CCCN(CCN(CCNC(=O)C=C)C(=O)C=C)C(=O)C=C.C=CC(=O)NCCN(CCNC(=O)C=C)C(=O)C=C.C=CC(=O)NCCOCCOCCOCCNC(=O)C=C. The van der Waals surface area contributed by atoms with Gasteiger partial charge in [0.1, 0.15) is 5.54 Å². The number of carbonyl (C=O) groups excluding carboxylic acids is 13. The fraction of sp³-hybridized carbons (Fsp3) is 0.466. The standard InChI is InChI=1S/C27H42N2O7.C19H27N3O4.C14H24N2O5.C13H19N3O3/c1-5-23(30)14-9-11-17-34-20-27(29-26(33)8-4,21-35-18-12-10-15-24(31)6-2)22-36-19-13-16-28-25(32)7-3;1-5-16(23)10-9-12-21(18(25)7-3)14-15-22(19(26)8-4)13-11-20-17(24)6-2;1-3-13(17)15-5-7-19-9-11-21-12-10-20-8-6-16-14(18)4-2;1-4-11(17)14-7-9-16(13(19)6-3)10-8-15-12(18)5-2/h5-8H,1-4,9-22H2,(H,28,32)(H,29,33);5-8H,1-4,9-15H2,(H,20,24);3-4H,1-2,5-12H2,(H,15,17)(H,16,18);4-6H,1-3,7-10H2,(H,14,17)(H,15,18). The largest absolute Gasteiger partial charge is 0.379 e. The Morgan fingerprint density at radius 2 is 0.529 bits per heavy atom. The van der Waals surface area contributed by atoms with Crippen LogP contribution < -0.4 is 37.2 Å². The average molecular weight is 1430 g/mol. The molecule has 0 aromatic rings. The third-order valence-corrected chi connectivity index (χ3v) is 13.0. The topological polar surface area (TPSA) is 371 Å². The molecule has 29 heteroatoms. The molecule has 0 rings (SSSR count). The average Bonchev–Trinajstić information content (AvgIpc) is 0.867. The van der Waals surface area contributed by atoms with Crippen molar-refractivity contribution < 1.29 is 90.8 Å². The molecule has 0 radical (unpaired) electrons. The predicted octanol–water partition coefficient (Wildman–Crippen LogP) is 2.72. The summed E-state index contributed by atoms with van der Waals surface area (Å²) in [7, 11) is 0. The fourth-order valence-electron chi connectivity index (χ4n) is 7.53. The molecule has 568 valence electrons. The van der Waals surface area contributed by atoms with Gasteiger partial charge in [-0.05, 0) is 118 Å². The molecule has 0 heterocycles. The number of hydrogen-bond donors (Lipinski definition) is 7. The van der Waals surface area contributed by atoms with Crippen molar-refractivity contribution in [2.75, 3.05) is 158 Å². The van der Waals surface area contributed by atoms with E-state index in [1.165, 1.54) is 75.5 Å². The Kier molecular flexibility index (Phi) is 67.2. The molecule has 0 fully saturated rings. The molecule has 29 nitrogen and oxygen atoms in total. The first kappa shape index (κ1) is 98.5. The van der Waals surface area contributed by atoms with Gasteiger partial charge in [0.2, 0.25) is 59.1 Å². The minimum Gasteiger partial charge on any atom is -0.379 e. The van der Waals surface area contributed by atoms with Crippen molar-refractivity contribution in [3.63, 3.8) is 0 Å². The highest BCUT2D eigenvalue weighted by Gasteiger charge is 2.33. The first-order valence-corrected chi connectivity index (χ1v) is 33.0. The highest BCUT2D eigenvalue weighted by atomic mass is 16.5. The van der Waals surface area contributed by atoms with E-state index in [1.807, 2.05) is 0 Å². The van der Waals surface area contributed by atoms with Crippen molar-refractivity contribution in [3.8, 4) is 0 Å². The Balaban J connectivity index is -0.000000648. The summed E-state index contributed by atoms with van der Waals surface area (Å²) < 4.78 is 33.2. The number of unbranched alkanes of at least 4 members (excludes halogenated alkanes) is 2. The molecular formula is C73H112N10O19. The zero-order chi connectivity index (χ0) is 77.5. The molecule has 7 N–H and O–H groups in total. The second-order valence-corrected chi connectivity index (χ2v) is 20.9. The molecule has 0 aliphatic rings. The molecule has 0 saturated heterocycles. The van der Waals surface area contributed by atoms with Crippen molar-refractivity contribution >= 4 is 76.4 Å². The van der Waals surface area contributed by atoms with E-state index in [0.29, 0.717) is 170 Å². The second kappa shape index (κ2) is 69.6. The van der Waals surface area contributed by atoms with Gasteiger partial charge in [0.25, 0.3) is 0 Å². The minimum atomic E-state index is -0.969. The number of amides is 10. The van der Waals surface area contributed by atoms with Gasteiger partial charge in [-0.1, -0.05) is 85.5 Å². The third-order valence-electron chi connectivity index (χ3n) is 13.0. The Hall–Kier alpha value is -9.91. The van der Waals surface area contributed by atoms with Crippen LogP contribution >= 0.6 is 0 Å². The molecule has 0 aliphatic carbocycles. The summed E-state index contributed by atoms with van der Waals surface area (Å²) in [5, 5.41) is 18.5.